The van der Waals surface area contributed by atoms with Crippen LogP contribution in [0.15, 0.2) is 29.2 Å². The Labute approximate surface area is 66.8 Å². The van der Waals surface area contributed by atoms with E-state index in [4.69, 9.17) is 0 Å². The number of hydrogen-bond donors (Lipinski definition) is 0. The molecule has 0 spiro atoms. The quantitative estimate of drug-likeness (QED) is 0.634. The molecule has 2 nitrogen and oxygen atoms in total. The van der Waals surface area contributed by atoms with E-state index in [-0.39, 0.29) is 0 Å². The molecule has 1 radical (unpaired) electrons. The minimum atomic E-state index is -3.10. The van der Waals surface area contributed by atoms with Crippen molar-refractivity contribution in [3.8, 4) is 0 Å². The van der Waals surface area contributed by atoms with Crippen molar-refractivity contribution in [2.45, 2.75) is 4.90 Å². The highest BCUT2D eigenvalue weighted by Crippen LogP contribution is 2.12. The predicted molar refractivity (Wildman–Crippen MR) is 44.0 cm³/mol. The summed E-state index contributed by atoms with van der Waals surface area (Å²) in [7, 11) is -3.10. The fourth-order valence-electron chi connectivity index (χ4n) is 0.866. The molecule has 3 heteroatoms. The van der Waals surface area contributed by atoms with Crippen molar-refractivity contribution in [2.75, 3.05) is 6.26 Å². The fourth-order valence-corrected chi connectivity index (χ4v) is 1.74. The monoisotopic (exact) mass is 169 g/mol. The third kappa shape index (κ3) is 1.80. The second kappa shape index (κ2) is 2.66. The molecule has 11 heavy (non-hydrogen) atoms. The van der Waals surface area contributed by atoms with Gasteiger partial charge in [0.05, 0.1) is 4.90 Å². The molecular formula is C8H9O2S. The van der Waals surface area contributed by atoms with Crippen LogP contribution in [-0.4, -0.2) is 14.7 Å². The first-order valence-corrected chi connectivity index (χ1v) is 5.02. The first kappa shape index (κ1) is 8.27. The lowest BCUT2D eigenvalue weighted by Gasteiger charge is -2.00. The van der Waals surface area contributed by atoms with E-state index in [9.17, 15) is 8.42 Å². The largest absolute Gasteiger partial charge is 0.224 e. The lowest BCUT2D eigenvalue weighted by atomic mass is 10.2. The van der Waals surface area contributed by atoms with E-state index in [1.807, 2.05) is 0 Å². The summed E-state index contributed by atoms with van der Waals surface area (Å²) in [6.45, 7) is 3.61. The van der Waals surface area contributed by atoms with Crippen LogP contribution in [-0.2, 0) is 9.84 Å². The van der Waals surface area contributed by atoms with Gasteiger partial charge in [-0.2, -0.15) is 0 Å². The van der Waals surface area contributed by atoms with Gasteiger partial charge in [0.2, 0.25) is 0 Å². The van der Waals surface area contributed by atoms with Crippen molar-refractivity contribution in [1.29, 1.82) is 0 Å². The summed E-state index contributed by atoms with van der Waals surface area (Å²) in [5.74, 6) is 0. The lowest BCUT2D eigenvalue weighted by molar-refractivity contribution is 0.601. The summed E-state index contributed by atoms with van der Waals surface area (Å²) in [6.07, 6.45) is 1.18. The third-order valence-electron chi connectivity index (χ3n) is 1.37. The van der Waals surface area contributed by atoms with Gasteiger partial charge in [-0.1, -0.05) is 18.2 Å². The number of rotatable bonds is 1. The average Bonchev–Trinajstić information content (AvgIpc) is 1.86. The van der Waals surface area contributed by atoms with Gasteiger partial charge in [-0.25, -0.2) is 8.42 Å². The van der Waals surface area contributed by atoms with Crippen molar-refractivity contribution in [2.24, 2.45) is 0 Å². The number of hydrogen-bond acceptors (Lipinski definition) is 2. The summed E-state index contributed by atoms with van der Waals surface area (Å²) in [5.41, 5.74) is 0.551. The molecule has 0 bridgehead atoms. The molecular weight excluding hydrogens is 160 g/mol. The van der Waals surface area contributed by atoms with Crippen LogP contribution in [0.3, 0.4) is 0 Å². The van der Waals surface area contributed by atoms with Crippen LogP contribution in [0.5, 0.6) is 0 Å². The molecule has 1 rings (SSSR count). The van der Waals surface area contributed by atoms with Crippen LogP contribution in [0, 0.1) is 6.92 Å². The number of sulfone groups is 1. The normalized spacial score (nSPS) is 11.5. The summed E-state index contributed by atoms with van der Waals surface area (Å²) < 4.78 is 22.0. The van der Waals surface area contributed by atoms with Crippen LogP contribution in [0.4, 0.5) is 0 Å². The summed E-state index contributed by atoms with van der Waals surface area (Å²) in [4.78, 5) is 0.306. The summed E-state index contributed by atoms with van der Waals surface area (Å²) in [6, 6.07) is 6.68. The Balaban J connectivity index is 3.37. The second-order valence-electron chi connectivity index (χ2n) is 2.38. The van der Waals surface area contributed by atoms with Gasteiger partial charge in [0.15, 0.2) is 9.84 Å². The van der Waals surface area contributed by atoms with Gasteiger partial charge in [-0.3, -0.25) is 0 Å². The van der Waals surface area contributed by atoms with E-state index in [0.29, 0.717) is 10.5 Å². The van der Waals surface area contributed by atoms with Gasteiger partial charge in [0.25, 0.3) is 0 Å². The van der Waals surface area contributed by atoms with Gasteiger partial charge >= 0.3 is 0 Å². The molecule has 0 unspecified atom stereocenters. The summed E-state index contributed by atoms with van der Waals surface area (Å²) >= 11 is 0. The van der Waals surface area contributed by atoms with Crippen LogP contribution < -0.4 is 0 Å². The van der Waals surface area contributed by atoms with Crippen LogP contribution in [0.2, 0.25) is 0 Å². The molecule has 0 amide bonds. The topological polar surface area (TPSA) is 34.1 Å². The maximum atomic E-state index is 11.0. The van der Waals surface area contributed by atoms with E-state index in [1.54, 1.807) is 24.3 Å². The van der Waals surface area contributed by atoms with E-state index in [2.05, 4.69) is 6.92 Å². The van der Waals surface area contributed by atoms with Crippen LogP contribution in [0.25, 0.3) is 0 Å². The minimum absolute atomic E-state index is 0.306. The molecule has 0 saturated heterocycles. The SMILES string of the molecule is [CH2]c1ccccc1S(C)(=O)=O. The first-order valence-electron chi connectivity index (χ1n) is 3.13. The zero-order valence-electron chi connectivity index (χ0n) is 6.24. The van der Waals surface area contributed by atoms with Crippen LogP contribution in [0.1, 0.15) is 5.56 Å². The highest BCUT2D eigenvalue weighted by Gasteiger charge is 2.07. The highest BCUT2D eigenvalue weighted by molar-refractivity contribution is 7.90. The standard InChI is InChI=1S/C8H9O2S/c1-7-5-3-4-6-8(7)11(2,9)10/h3-6H,1H2,2H3. The molecule has 0 saturated carbocycles. The maximum Gasteiger partial charge on any atom is 0.175 e. The van der Waals surface area contributed by atoms with Gasteiger partial charge in [-0.15, -0.1) is 0 Å². The molecule has 1 aromatic carbocycles. The maximum absolute atomic E-state index is 11.0. The van der Waals surface area contributed by atoms with E-state index < -0.39 is 9.84 Å². The Kier molecular flexibility index (Phi) is 2.00. The Morgan fingerprint density at radius 3 is 2.18 bits per heavy atom. The molecule has 59 valence electrons. The van der Waals surface area contributed by atoms with Gasteiger partial charge < -0.3 is 0 Å². The van der Waals surface area contributed by atoms with Gasteiger partial charge in [-0.05, 0) is 18.6 Å². The predicted octanol–water partition coefficient (Wildman–Crippen LogP) is 1.27. The molecule has 0 N–H and O–H groups in total. The first-order chi connectivity index (χ1) is 5.02. The van der Waals surface area contributed by atoms with Crippen molar-refractivity contribution in [3.05, 3.63) is 36.8 Å². The third-order valence-corrected chi connectivity index (χ3v) is 2.57. The Morgan fingerprint density at radius 1 is 1.27 bits per heavy atom. The minimum Gasteiger partial charge on any atom is -0.224 e. The molecule has 0 heterocycles. The molecule has 0 atom stereocenters. The van der Waals surface area contributed by atoms with Crippen molar-refractivity contribution in [1.82, 2.24) is 0 Å². The fraction of sp³-hybridized carbons (Fsp3) is 0.125. The van der Waals surface area contributed by atoms with Crippen molar-refractivity contribution < 1.29 is 8.42 Å². The van der Waals surface area contributed by atoms with Crippen molar-refractivity contribution >= 4 is 9.84 Å². The van der Waals surface area contributed by atoms with E-state index >= 15 is 0 Å². The molecule has 1 aromatic rings. The lowest BCUT2D eigenvalue weighted by Crippen LogP contribution is -1.98. The van der Waals surface area contributed by atoms with Crippen LogP contribution >= 0.6 is 0 Å². The Bertz CT molecular complexity index is 352. The van der Waals surface area contributed by atoms with Crippen molar-refractivity contribution in [3.63, 3.8) is 0 Å². The van der Waals surface area contributed by atoms with Gasteiger partial charge in [0.1, 0.15) is 0 Å². The second-order valence-corrected chi connectivity index (χ2v) is 4.36. The van der Waals surface area contributed by atoms with E-state index in [1.165, 1.54) is 6.26 Å². The van der Waals surface area contributed by atoms with E-state index in [0.717, 1.165) is 0 Å². The molecule has 0 fully saturated rings. The zero-order valence-corrected chi connectivity index (χ0v) is 7.06. The molecule has 0 aromatic heterocycles. The smallest absolute Gasteiger partial charge is 0.175 e. The Hall–Kier alpha value is -0.830. The molecule has 0 aliphatic carbocycles. The zero-order chi connectivity index (χ0) is 8.48. The molecule has 0 aliphatic heterocycles. The van der Waals surface area contributed by atoms with Gasteiger partial charge in [0, 0.05) is 6.26 Å². The summed E-state index contributed by atoms with van der Waals surface area (Å²) in [5, 5.41) is 0. The number of benzene rings is 1. The highest BCUT2D eigenvalue weighted by atomic mass is 32.2. The molecule has 0 aliphatic rings. The Morgan fingerprint density at radius 2 is 1.82 bits per heavy atom. The average molecular weight is 169 g/mol.